The van der Waals surface area contributed by atoms with Crippen LogP contribution in [0, 0.1) is 11.7 Å². The van der Waals surface area contributed by atoms with Crippen molar-refractivity contribution in [3.63, 3.8) is 0 Å². The van der Waals surface area contributed by atoms with E-state index in [1.165, 1.54) is 19.2 Å². The van der Waals surface area contributed by atoms with Crippen LogP contribution in [0.1, 0.15) is 30.1 Å². The molecule has 1 N–H and O–H groups in total. The summed E-state index contributed by atoms with van der Waals surface area (Å²) in [5, 5.41) is 2.96. The highest BCUT2D eigenvalue weighted by atomic mass is 19.1. The van der Waals surface area contributed by atoms with Gasteiger partial charge in [-0.25, -0.2) is 4.39 Å². The molecule has 154 valence electrons. The molecule has 0 saturated carbocycles. The van der Waals surface area contributed by atoms with Crippen molar-refractivity contribution in [1.29, 1.82) is 0 Å². The Balaban J connectivity index is 1.62. The highest BCUT2D eigenvalue weighted by Crippen LogP contribution is 2.33. The van der Waals surface area contributed by atoms with Crippen molar-refractivity contribution in [2.75, 3.05) is 26.8 Å². The molecule has 1 saturated heterocycles. The van der Waals surface area contributed by atoms with Crippen LogP contribution >= 0.6 is 0 Å². The second-order valence-corrected chi connectivity index (χ2v) is 7.18. The summed E-state index contributed by atoms with van der Waals surface area (Å²) in [6.45, 7) is 0.769. The number of halogens is 1. The number of ether oxygens (including phenoxy) is 1. The van der Waals surface area contributed by atoms with Gasteiger partial charge in [0.05, 0.1) is 12.0 Å². The van der Waals surface area contributed by atoms with Gasteiger partial charge in [0, 0.05) is 38.5 Å². The van der Waals surface area contributed by atoms with E-state index in [1.807, 2.05) is 18.2 Å². The number of benzene rings is 1. The van der Waals surface area contributed by atoms with Gasteiger partial charge < -0.3 is 15.0 Å². The number of nitrogens with one attached hydrogen (secondary N) is 1. The average Bonchev–Trinajstić information content (AvgIpc) is 2.75. The summed E-state index contributed by atoms with van der Waals surface area (Å²) in [5.74, 6) is -0.831. The molecule has 29 heavy (non-hydrogen) atoms. The Bertz CT molecular complexity index is 814. The maximum atomic E-state index is 13.3. The molecule has 7 heteroatoms. The highest BCUT2D eigenvalue weighted by Gasteiger charge is 2.35. The topological polar surface area (TPSA) is 71.5 Å². The number of nitrogens with zero attached hydrogens (tertiary/aromatic N) is 2. The van der Waals surface area contributed by atoms with E-state index in [1.54, 1.807) is 23.2 Å². The zero-order chi connectivity index (χ0) is 20.6. The summed E-state index contributed by atoms with van der Waals surface area (Å²) in [4.78, 5) is 31.2. The van der Waals surface area contributed by atoms with Crippen LogP contribution in [0.15, 0.2) is 48.7 Å². The van der Waals surface area contributed by atoms with Crippen LogP contribution in [0.3, 0.4) is 0 Å². The lowest BCUT2D eigenvalue weighted by Crippen LogP contribution is -2.48. The number of carbonyl (C=O) groups excluding carboxylic acids is 2. The largest absolute Gasteiger partial charge is 0.375 e. The minimum atomic E-state index is -0.315. The van der Waals surface area contributed by atoms with Gasteiger partial charge in [0.25, 0.3) is 0 Å². The van der Waals surface area contributed by atoms with Crippen LogP contribution in [0.5, 0.6) is 0 Å². The second-order valence-electron chi connectivity index (χ2n) is 7.18. The first kappa shape index (κ1) is 20.9. The quantitative estimate of drug-likeness (QED) is 0.777. The fraction of sp³-hybridized carbons (Fsp3) is 0.409. The number of methoxy groups -OCH3 is 1. The molecule has 0 bridgehead atoms. The van der Waals surface area contributed by atoms with Crippen LogP contribution in [0.25, 0.3) is 0 Å². The average molecular weight is 399 g/mol. The Morgan fingerprint density at radius 3 is 2.69 bits per heavy atom. The van der Waals surface area contributed by atoms with E-state index in [9.17, 15) is 14.0 Å². The minimum absolute atomic E-state index is 0.0499. The van der Waals surface area contributed by atoms with Crippen molar-refractivity contribution >= 4 is 11.8 Å². The molecule has 6 nitrogen and oxygen atoms in total. The Morgan fingerprint density at radius 1 is 1.21 bits per heavy atom. The standard InChI is InChI=1S/C22H26FN3O3/c1-29-15-21(27)26-14-17(7-10-20(26)16-5-8-18(23)9-6-16)22(28)25-13-11-19-4-2-3-12-24-19/h2-6,8-9,12,17,20H,7,10-11,13-15H2,1H3,(H,25,28). The SMILES string of the molecule is COCC(=O)N1CC(C(=O)NCCc2ccccn2)CCC1c1ccc(F)cc1. The van der Waals surface area contributed by atoms with Crippen molar-refractivity contribution in [2.24, 2.45) is 5.92 Å². The van der Waals surface area contributed by atoms with Crippen LogP contribution in [-0.4, -0.2) is 48.5 Å². The molecule has 2 heterocycles. The first-order valence-corrected chi connectivity index (χ1v) is 9.80. The van der Waals surface area contributed by atoms with Crippen LogP contribution in [0.2, 0.25) is 0 Å². The number of hydrogen-bond acceptors (Lipinski definition) is 4. The molecule has 1 fully saturated rings. The van der Waals surface area contributed by atoms with Gasteiger partial charge in [-0.05, 0) is 42.7 Å². The summed E-state index contributed by atoms with van der Waals surface area (Å²) in [5.41, 5.74) is 1.79. The second kappa shape index (κ2) is 10.1. The third kappa shape index (κ3) is 5.60. The fourth-order valence-corrected chi connectivity index (χ4v) is 3.70. The third-order valence-electron chi connectivity index (χ3n) is 5.20. The van der Waals surface area contributed by atoms with Gasteiger partial charge >= 0.3 is 0 Å². The van der Waals surface area contributed by atoms with E-state index in [2.05, 4.69) is 10.3 Å². The molecule has 1 aromatic carbocycles. The molecule has 1 aliphatic rings. The predicted octanol–water partition coefficient (Wildman–Crippen LogP) is 2.51. The lowest BCUT2D eigenvalue weighted by Gasteiger charge is -2.39. The number of pyridine rings is 1. The van der Waals surface area contributed by atoms with Crippen LogP contribution in [-0.2, 0) is 20.7 Å². The van der Waals surface area contributed by atoms with Gasteiger partial charge in [0.15, 0.2) is 0 Å². The summed E-state index contributed by atoms with van der Waals surface area (Å²) < 4.78 is 18.3. The van der Waals surface area contributed by atoms with Crippen molar-refractivity contribution < 1.29 is 18.7 Å². The van der Waals surface area contributed by atoms with Gasteiger partial charge in [-0.2, -0.15) is 0 Å². The molecule has 2 unspecified atom stereocenters. The molecule has 1 aliphatic heterocycles. The molecular formula is C22H26FN3O3. The van der Waals surface area contributed by atoms with E-state index in [0.29, 0.717) is 32.4 Å². The van der Waals surface area contributed by atoms with Crippen LogP contribution < -0.4 is 5.32 Å². The molecule has 0 radical (unpaired) electrons. The number of aromatic nitrogens is 1. The van der Waals surface area contributed by atoms with Crippen molar-refractivity contribution in [3.05, 3.63) is 65.7 Å². The summed E-state index contributed by atoms with van der Waals surface area (Å²) in [7, 11) is 1.47. The molecule has 0 aliphatic carbocycles. The third-order valence-corrected chi connectivity index (χ3v) is 5.20. The van der Waals surface area contributed by atoms with Gasteiger partial charge in [-0.3, -0.25) is 14.6 Å². The summed E-state index contributed by atoms with van der Waals surface area (Å²) in [6, 6.07) is 11.7. The Morgan fingerprint density at radius 2 is 2.00 bits per heavy atom. The highest BCUT2D eigenvalue weighted by molar-refractivity contribution is 5.82. The predicted molar refractivity (Wildman–Crippen MR) is 106 cm³/mol. The van der Waals surface area contributed by atoms with Gasteiger partial charge in [0.2, 0.25) is 11.8 Å². The molecule has 3 rings (SSSR count). The van der Waals surface area contributed by atoms with Crippen molar-refractivity contribution in [3.8, 4) is 0 Å². The van der Waals surface area contributed by atoms with E-state index in [0.717, 1.165) is 11.3 Å². The fourth-order valence-electron chi connectivity index (χ4n) is 3.70. The Hall–Kier alpha value is -2.80. The van der Waals surface area contributed by atoms with Gasteiger partial charge in [-0.1, -0.05) is 18.2 Å². The zero-order valence-corrected chi connectivity index (χ0v) is 16.5. The lowest BCUT2D eigenvalue weighted by molar-refractivity contribution is -0.142. The number of rotatable bonds is 7. The van der Waals surface area contributed by atoms with Gasteiger partial charge in [-0.15, -0.1) is 0 Å². The molecule has 2 atom stereocenters. The van der Waals surface area contributed by atoms with E-state index in [-0.39, 0.29) is 36.2 Å². The summed E-state index contributed by atoms with van der Waals surface area (Å²) in [6.07, 6.45) is 3.69. The number of carbonyl (C=O) groups is 2. The van der Waals surface area contributed by atoms with Crippen molar-refractivity contribution in [1.82, 2.24) is 15.2 Å². The first-order valence-electron chi connectivity index (χ1n) is 9.80. The van der Waals surface area contributed by atoms with Crippen LogP contribution in [0.4, 0.5) is 4.39 Å². The maximum absolute atomic E-state index is 13.3. The number of amides is 2. The number of likely N-dealkylation sites (tertiary alicyclic amines) is 1. The molecular weight excluding hydrogens is 373 g/mol. The first-order chi connectivity index (χ1) is 14.1. The minimum Gasteiger partial charge on any atom is -0.375 e. The molecule has 1 aromatic heterocycles. The monoisotopic (exact) mass is 399 g/mol. The van der Waals surface area contributed by atoms with Crippen molar-refractivity contribution in [2.45, 2.75) is 25.3 Å². The lowest BCUT2D eigenvalue weighted by atomic mass is 9.88. The van der Waals surface area contributed by atoms with E-state index >= 15 is 0 Å². The van der Waals surface area contributed by atoms with Gasteiger partial charge in [0.1, 0.15) is 12.4 Å². The summed E-state index contributed by atoms with van der Waals surface area (Å²) >= 11 is 0. The van der Waals surface area contributed by atoms with E-state index < -0.39 is 0 Å². The number of hydrogen-bond donors (Lipinski definition) is 1. The maximum Gasteiger partial charge on any atom is 0.249 e. The van der Waals surface area contributed by atoms with E-state index in [4.69, 9.17) is 4.74 Å². The normalized spacial score (nSPS) is 19.0. The Labute approximate surface area is 170 Å². The molecule has 0 spiro atoms. The molecule has 2 amide bonds. The smallest absolute Gasteiger partial charge is 0.249 e. The zero-order valence-electron chi connectivity index (χ0n) is 16.5. The number of piperidine rings is 1. The Kier molecular flexibility index (Phi) is 7.30. The molecule has 2 aromatic rings.